The number of nitrogens with zero attached hydrogens (tertiary/aromatic N) is 1. The number of amides is 1. The van der Waals surface area contributed by atoms with Gasteiger partial charge in [-0.3, -0.25) is 9.62 Å². The van der Waals surface area contributed by atoms with Crippen LogP contribution in [0.1, 0.15) is 33.6 Å². The molecule has 1 heterocycles. The van der Waals surface area contributed by atoms with Crippen LogP contribution in [0.25, 0.3) is 0 Å². The molecule has 1 aliphatic carbocycles. The van der Waals surface area contributed by atoms with E-state index in [4.69, 9.17) is 9.47 Å². The van der Waals surface area contributed by atoms with Crippen molar-refractivity contribution in [3.63, 3.8) is 0 Å². The molecule has 2 aromatic rings. The smallest absolute Gasteiger partial charge is 0.412 e. The molecule has 1 amide bonds. The highest BCUT2D eigenvalue weighted by Crippen LogP contribution is 2.39. The second-order valence-corrected chi connectivity index (χ2v) is 13.7. The van der Waals surface area contributed by atoms with E-state index in [9.17, 15) is 30.4 Å². The number of carbonyl (C=O) groups is 1. The molecule has 202 valence electrons. The summed E-state index contributed by atoms with van der Waals surface area (Å²) in [6.07, 6.45) is -0.598. The number of nitrogens with one attached hydrogen (secondary N) is 2. The van der Waals surface area contributed by atoms with Crippen molar-refractivity contribution in [1.29, 1.82) is 0 Å². The molecule has 0 spiro atoms. The van der Waals surface area contributed by atoms with Crippen molar-refractivity contribution < 1.29 is 39.9 Å². The van der Waals surface area contributed by atoms with Gasteiger partial charge in [0.05, 0.1) is 22.4 Å². The van der Waals surface area contributed by atoms with Gasteiger partial charge in [0.25, 0.3) is 10.0 Å². The summed E-state index contributed by atoms with van der Waals surface area (Å²) in [5.74, 6) is -2.47. The predicted octanol–water partition coefficient (Wildman–Crippen LogP) is 3.35. The molecular formula is C23H27F2N3O7S2. The fraction of sp³-hybridized carbons (Fsp3) is 0.435. The van der Waals surface area contributed by atoms with Crippen LogP contribution < -0.4 is 19.1 Å². The number of fused-ring (bicyclic) bond motifs is 1. The SMILES string of the molecule is CC(C)(C)OC(=O)Nc1ccc2c(c1)N(S(=O)(=O)c1ccc(F)c(F)c1)CC(CNS(=O)(=O)C1CC1)O2. The molecule has 2 N–H and O–H groups in total. The normalized spacial score (nSPS) is 18.1. The number of halogens is 2. The maximum Gasteiger partial charge on any atom is 0.412 e. The minimum absolute atomic E-state index is 0.0135. The molecule has 1 saturated carbocycles. The third-order valence-corrected chi connectivity index (χ3v) is 9.18. The third-order valence-electron chi connectivity index (χ3n) is 5.49. The zero-order chi connectivity index (χ0) is 27.2. The van der Waals surface area contributed by atoms with E-state index in [1.54, 1.807) is 20.8 Å². The number of hydrogen-bond donors (Lipinski definition) is 2. The number of benzene rings is 2. The lowest BCUT2D eigenvalue weighted by Gasteiger charge is -2.35. The largest absolute Gasteiger partial charge is 0.485 e. The van der Waals surface area contributed by atoms with Crippen LogP contribution >= 0.6 is 0 Å². The standard InChI is InChI=1S/C23H27F2N3O7S2/c1-23(2,3)35-22(29)27-14-4-9-21-20(10-14)28(37(32,33)17-7-8-18(24)19(25)11-17)13-15(34-21)12-26-36(30,31)16-5-6-16/h4,7-11,15-16,26H,5-6,12-13H2,1-3H3,(H,27,29). The van der Waals surface area contributed by atoms with Crippen LogP contribution in [0.5, 0.6) is 5.75 Å². The minimum Gasteiger partial charge on any atom is -0.485 e. The second-order valence-electron chi connectivity index (χ2n) is 9.75. The molecule has 1 unspecified atom stereocenters. The Kier molecular flexibility index (Phi) is 7.12. The molecule has 0 saturated heterocycles. The van der Waals surface area contributed by atoms with Gasteiger partial charge in [-0.2, -0.15) is 0 Å². The lowest BCUT2D eigenvalue weighted by atomic mass is 10.2. The van der Waals surface area contributed by atoms with Gasteiger partial charge in [0.2, 0.25) is 10.0 Å². The zero-order valence-corrected chi connectivity index (χ0v) is 22.0. The Balaban J connectivity index is 1.67. The van der Waals surface area contributed by atoms with Gasteiger partial charge < -0.3 is 9.47 Å². The molecule has 10 nitrogen and oxygen atoms in total. The Bertz CT molecular complexity index is 1420. The van der Waals surface area contributed by atoms with E-state index in [1.807, 2.05) is 0 Å². The number of anilines is 2. The van der Waals surface area contributed by atoms with Crippen molar-refractivity contribution in [3.05, 3.63) is 48.0 Å². The van der Waals surface area contributed by atoms with Crippen LogP contribution in [-0.2, 0) is 24.8 Å². The first-order valence-electron chi connectivity index (χ1n) is 11.4. The van der Waals surface area contributed by atoms with Crippen LogP contribution in [0.3, 0.4) is 0 Å². The van der Waals surface area contributed by atoms with E-state index in [-0.39, 0.29) is 30.2 Å². The average Bonchev–Trinajstić information content (AvgIpc) is 3.64. The molecule has 2 aliphatic rings. The van der Waals surface area contributed by atoms with Gasteiger partial charge in [0.15, 0.2) is 11.6 Å². The molecule has 37 heavy (non-hydrogen) atoms. The van der Waals surface area contributed by atoms with Gasteiger partial charge in [-0.1, -0.05) is 0 Å². The van der Waals surface area contributed by atoms with Crippen LogP contribution in [0.15, 0.2) is 41.3 Å². The third kappa shape index (κ3) is 6.30. The molecule has 4 rings (SSSR count). The van der Waals surface area contributed by atoms with E-state index in [1.165, 1.54) is 18.2 Å². The van der Waals surface area contributed by atoms with E-state index in [0.29, 0.717) is 25.0 Å². The summed E-state index contributed by atoms with van der Waals surface area (Å²) >= 11 is 0. The highest BCUT2D eigenvalue weighted by atomic mass is 32.2. The molecule has 2 aromatic carbocycles. The van der Waals surface area contributed by atoms with Crippen molar-refractivity contribution in [2.45, 2.75) is 55.5 Å². The van der Waals surface area contributed by atoms with E-state index < -0.39 is 59.6 Å². The quantitative estimate of drug-likeness (QED) is 0.532. The van der Waals surface area contributed by atoms with Gasteiger partial charge in [0, 0.05) is 12.2 Å². The van der Waals surface area contributed by atoms with Gasteiger partial charge >= 0.3 is 6.09 Å². The number of ether oxygens (including phenoxy) is 2. The second kappa shape index (κ2) is 9.72. The summed E-state index contributed by atoms with van der Waals surface area (Å²) < 4.78 is 93.4. The highest BCUT2D eigenvalue weighted by Gasteiger charge is 2.39. The highest BCUT2D eigenvalue weighted by molar-refractivity contribution is 7.92. The fourth-order valence-corrected chi connectivity index (χ4v) is 6.54. The number of carbonyl (C=O) groups excluding carboxylic acids is 1. The van der Waals surface area contributed by atoms with Crippen LogP contribution in [0, 0.1) is 11.6 Å². The average molecular weight is 560 g/mol. The van der Waals surface area contributed by atoms with Crippen LogP contribution in [0.4, 0.5) is 25.0 Å². The van der Waals surface area contributed by atoms with Crippen molar-refractivity contribution >= 4 is 37.5 Å². The lowest BCUT2D eigenvalue weighted by molar-refractivity contribution is 0.0636. The van der Waals surface area contributed by atoms with E-state index in [2.05, 4.69) is 10.0 Å². The van der Waals surface area contributed by atoms with Crippen LogP contribution in [-0.4, -0.2) is 53.0 Å². The Morgan fingerprint density at radius 2 is 1.78 bits per heavy atom. The Labute approximate surface area is 214 Å². The van der Waals surface area contributed by atoms with Crippen molar-refractivity contribution in [2.24, 2.45) is 0 Å². The summed E-state index contributed by atoms with van der Waals surface area (Å²) in [4.78, 5) is 11.7. The maximum absolute atomic E-state index is 13.9. The summed E-state index contributed by atoms with van der Waals surface area (Å²) in [6, 6.07) is 6.40. The van der Waals surface area contributed by atoms with Gasteiger partial charge in [0.1, 0.15) is 17.5 Å². The predicted molar refractivity (Wildman–Crippen MR) is 132 cm³/mol. The molecule has 0 aromatic heterocycles. The van der Waals surface area contributed by atoms with Crippen molar-refractivity contribution in [2.75, 3.05) is 22.7 Å². The summed E-state index contributed by atoms with van der Waals surface area (Å²) in [5.41, 5.74) is -0.570. The van der Waals surface area contributed by atoms with Crippen molar-refractivity contribution in [1.82, 2.24) is 4.72 Å². The summed E-state index contributed by atoms with van der Waals surface area (Å²) in [5, 5.41) is 2.03. The van der Waals surface area contributed by atoms with E-state index >= 15 is 0 Å². The lowest BCUT2D eigenvalue weighted by Crippen LogP contribution is -2.48. The van der Waals surface area contributed by atoms with Gasteiger partial charge in [-0.15, -0.1) is 0 Å². The van der Waals surface area contributed by atoms with Crippen molar-refractivity contribution in [3.8, 4) is 5.75 Å². The Morgan fingerprint density at radius 1 is 1.08 bits per heavy atom. The molecule has 1 fully saturated rings. The number of hydrogen-bond acceptors (Lipinski definition) is 7. The number of rotatable bonds is 7. The van der Waals surface area contributed by atoms with Gasteiger partial charge in [-0.25, -0.2) is 35.1 Å². The van der Waals surface area contributed by atoms with Crippen LogP contribution in [0.2, 0.25) is 0 Å². The molecule has 14 heteroatoms. The number of sulfonamides is 2. The fourth-order valence-electron chi connectivity index (χ4n) is 3.61. The Morgan fingerprint density at radius 3 is 2.41 bits per heavy atom. The molecular weight excluding hydrogens is 532 g/mol. The first-order valence-corrected chi connectivity index (χ1v) is 14.4. The Hall–Kier alpha value is -2.97. The van der Waals surface area contributed by atoms with E-state index in [0.717, 1.165) is 10.4 Å². The zero-order valence-electron chi connectivity index (χ0n) is 20.3. The first kappa shape index (κ1) is 27.1. The monoisotopic (exact) mass is 559 g/mol. The van der Waals surface area contributed by atoms with Gasteiger partial charge in [-0.05, 0) is 70.0 Å². The molecule has 1 atom stereocenters. The summed E-state index contributed by atoms with van der Waals surface area (Å²) in [7, 11) is -8.02. The topological polar surface area (TPSA) is 131 Å². The minimum atomic E-state index is -4.45. The maximum atomic E-state index is 13.9. The first-order chi connectivity index (χ1) is 17.2. The molecule has 0 radical (unpaired) electrons. The molecule has 1 aliphatic heterocycles. The summed E-state index contributed by atoms with van der Waals surface area (Å²) in [6.45, 7) is 4.50. The molecule has 0 bridgehead atoms.